The first-order valence-electron chi connectivity index (χ1n) is 4.81. The van der Waals surface area contributed by atoms with Crippen LogP contribution in [0.1, 0.15) is 18.1 Å². The molecule has 0 fully saturated rings. The molecule has 15 heavy (non-hydrogen) atoms. The van der Waals surface area contributed by atoms with Crippen molar-refractivity contribution in [1.29, 1.82) is 0 Å². The van der Waals surface area contributed by atoms with E-state index in [-0.39, 0.29) is 10.8 Å². The van der Waals surface area contributed by atoms with Gasteiger partial charge < -0.3 is 10.6 Å². The number of benzene rings is 1. The molecular weight excluding hydrogens is 211 g/mol. The van der Waals surface area contributed by atoms with Crippen molar-refractivity contribution in [2.75, 3.05) is 13.6 Å². The van der Waals surface area contributed by atoms with Crippen LogP contribution in [-0.2, 0) is 6.54 Å². The summed E-state index contributed by atoms with van der Waals surface area (Å²) in [5, 5.41) is 0. The van der Waals surface area contributed by atoms with E-state index < -0.39 is 0 Å². The molecule has 2 nitrogen and oxygen atoms in total. The Morgan fingerprint density at radius 2 is 2.20 bits per heavy atom. The van der Waals surface area contributed by atoms with Crippen LogP contribution in [0.15, 0.2) is 18.2 Å². The fraction of sp³-hybridized carbons (Fsp3) is 0.364. The van der Waals surface area contributed by atoms with Gasteiger partial charge in [0.15, 0.2) is 0 Å². The van der Waals surface area contributed by atoms with Gasteiger partial charge in [0.1, 0.15) is 10.8 Å². The van der Waals surface area contributed by atoms with Crippen LogP contribution in [0.4, 0.5) is 4.39 Å². The molecule has 0 saturated heterocycles. The lowest BCUT2D eigenvalue weighted by atomic mass is 10.1. The zero-order valence-corrected chi connectivity index (χ0v) is 9.77. The second-order valence-corrected chi connectivity index (χ2v) is 3.94. The predicted molar refractivity (Wildman–Crippen MR) is 64.3 cm³/mol. The van der Waals surface area contributed by atoms with Gasteiger partial charge in [0.05, 0.1) is 0 Å². The van der Waals surface area contributed by atoms with Crippen LogP contribution in [0, 0.1) is 5.82 Å². The third-order valence-corrected chi connectivity index (χ3v) is 2.54. The molecule has 0 aliphatic rings. The van der Waals surface area contributed by atoms with Crippen molar-refractivity contribution in [2.45, 2.75) is 13.5 Å². The Labute approximate surface area is 94.9 Å². The van der Waals surface area contributed by atoms with Crippen LogP contribution < -0.4 is 5.73 Å². The van der Waals surface area contributed by atoms with E-state index in [0.717, 1.165) is 18.7 Å². The van der Waals surface area contributed by atoms with Crippen molar-refractivity contribution < 1.29 is 4.39 Å². The molecular formula is C11H15FN2S. The third kappa shape index (κ3) is 3.25. The molecule has 0 bridgehead atoms. The highest BCUT2D eigenvalue weighted by Crippen LogP contribution is 2.13. The maximum atomic E-state index is 13.0. The molecule has 2 N–H and O–H groups in total. The highest BCUT2D eigenvalue weighted by atomic mass is 32.1. The largest absolute Gasteiger partial charge is 0.389 e. The molecule has 4 heteroatoms. The number of nitrogens with two attached hydrogens (primary N) is 1. The van der Waals surface area contributed by atoms with E-state index in [9.17, 15) is 4.39 Å². The van der Waals surface area contributed by atoms with Crippen LogP contribution in [-0.4, -0.2) is 23.5 Å². The SMILES string of the molecule is CCN(C)Cc1ccc(F)cc1C(N)=S. The standard InChI is InChI=1S/C11H15FN2S/c1-3-14(2)7-8-4-5-9(12)6-10(8)11(13)15/h4-6H,3,7H2,1-2H3,(H2,13,15). The fourth-order valence-electron chi connectivity index (χ4n) is 1.32. The lowest BCUT2D eigenvalue weighted by Crippen LogP contribution is -2.20. The van der Waals surface area contributed by atoms with Gasteiger partial charge >= 0.3 is 0 Å². The van der Waals surface area contributed by atoms with E-state index in [4.69, 9.17) is 18.0 Å². The van der Waals surface area contributed by atoms with Crippen molar-refractivity contribution in [1.82, 2.24) is 4.90 Å². The van der Waals surface area contributed by atoms with E-state index in [1.165, 1.54) is 12.1 Å². The van der Waals surface area contributed by atoms with Gasteiger partial charge in [0.2, 0.25) is 0 Å². The molecule has 0 amide bonds. The molecule has 0 aromatic heterocycles. The number of hydrogen-bond donors (Lipinski definition) is 1. The normalized spacial score (nSPS) is 10.7. The summed E-state index contributed by atoms with van der Waals surface area (Å²) in [6, 6.07) is 4.55. The van der Waals surface area contributed by atoms with Gasteiger partial charge in [-0.2, -0.15) is 0 Å². The van der Waals surface area contributed by atoms with Crippen molar-refractivity contribution in [3.05, 3.63) is 35.1 Å². The first-order chi connectivity index (χ1) is 7.04. The summed E-state index contributed by atoms with van der Waals surface area (Å²) in [4.78, 5) is 2.35. The highest BCUT2D eigenvalue weighted by molar-refractivity contribution is 7.80. The highest BCUT2D eigenvalue weighted by Gasteiger charge is 2.08. The van der Waals surface area contributed by atoms with E-state index in [1.807, 2.05) is 7.05 Å². The zero-order valence-electron chi connectivity index (χ0n) is 8.96. The van der Waals surface area contributed by atoms with Gasteiger partial charge in [0.25, 0.3) is 0 Å². The molecule has 0 radical (unpaired) electrons. The first-order valence-corrected chi connectivity index (χ1v) is 5.22. The Balaban J connectivity index is 3.01. The van der Waals surface area contributed by atoms with Gasteiger partial charge in [-0.1, -0.05) is 25.2 Å². The van der Waals surface area contributed by atoms with Crippen LogP contribution in [0.2, 0.25) is 0 Å². The molecule has 0 heterocycles. The first kappa shape index (κ1) is 12.1. The second-order valence-electron chi connectivity index (χ2n) is 3.50. The minimum atomic E-state index is -0.305. The molecule has 0 unspecified atom stereocenters. The molecule has 1 rings (SSSR count). The molecule has 0 saturated carbocycles. The quantitative estimate of drug-likeness (QED) is 0.795. The Kier molecular flexibility index (Phi) is 4.17. The predicted octanol–water partition coefficient (Wildman–Crippen LogP) is 1.91. The maximum absolute atomic E-state index is 13.0. The number of halogens is 1. The van der Waals surface area contributed by atoms with Gasteiger partial charge in [-0.05, 0) is 31.3 Å². The van der Waals surface area contributed by atoms with E-state index >= 15 is 0 Å². The van der Waals surface area contributed by atoms with Crippen molar-refractivity contribution in [3.63, 3.8) is 0 Å². The molecule has 0 spiro atoms. The molecule has 0 aliphatic carbocycles. The molecule has 82 valence electrons. The Bertz CT molecular complexity index is 366. The summed E-state index contributed by atoms with van der Waals surface area (Å²) in [6.07, 6.45) is 0. The van der Waals surface area contributed by atoms with Crippen LogP contribution in [0.3, 0.4) is 0 Å². The van der Waals surface area contributed by atoms with Gasteiger partial charge in [-0.25, -0.2) is 4.39 Å². The summed E-state index contributed by atoms with van der Waals surface area (Å²) in [7, 11) is 1.99. The molecule has 0 atom stereocenters. The van der Waals surface area contributed by atoms with E-state index in [0.29, 0.717) is 5.56 Å². The summed E-state index contributed by atoms with van der Waals surface area (Å²) < 4.78 is 13.0. The van der Waals surface area contributed by atoms with Crippen molar-refractivity contribution in [2.24, 2.45) is 5.73 Å². The number of hydrogen-bond acceptors (Lipinski definition) is 2. The number of thiocarbonyl (C=S) groups is 1. The van der Waals surface area contributed by atoms with Crippen LogP contribution in [0.25, 0.3) is 0 Å². The lowest BCUT2D eigenvalue weighted by molar-refractivity contribution is 0.345. The number of rotatable bonds is 4. The van der Waals surface area contributed by atoms with Crippen molar-refractivity contribution in [3.8, 4) is 0 Å². The summed E-state index contributed by atoms with van der Waals surface area (Å²) in [5.41, 5.74) is 7.14. The Hall–Kier alpha value is -1.00. The molecule has 1 aromatic carbocycles. The average molecular weight is 226 g/mol. The topological polar surface area (TPSA) is 29.3 Å². The average Bonchev–Trinajstić information content (AvgIpc) is 2.20. The molecule has 1 aromatic rings. The third-order valence-electron chi connectivity index (χ3n) is 2.32. The van der Waals surface area contributed by atoms with Crippen molar-refractivity contribution >= 4 is 17.2 Å². The van der Waals surface area contributed by atoms with E-state index in [1.54, 1.807) is 6.07 Å². The van der Waals surface area contributed by atoms with E-state index in [2.05, 4.69) is 11.8 Å². The maximum Gasteiger partial charge on any atom is 0.123 e. The zero-order chi connectivity index (χ0) is 11.4. The Morgan fingerprint density at radius 1 is 1.53 bits per heavy atom. The monoisotopic (exact) mass is 226 g/mol. The minimum absolute atomic E-state index is 0.244. The van der Waals surface area contributed by atoms with Gasteiger partial charge in [0, 0.05) is 12.1 Å². The second kappa shape index (κ2) is 5.19. The fourth-order valence-corrected chi connectivity index (χ4v) is 1.51. The van der Waals surface area contributed by atoms with Crippen LogP contribution >= 0.6 is 12.2 Å². The summed E-state index contributed by atoms with van der Waals surface area (Å²) in [6.45, 7) is 3.71. The summed E-state index contributed by atoms with van der Waals surface area (Å²) >= 11 is 4.89. The molecule has 0 aliphatic heterocycles. The number of nitrogens with zero attached hydrogens (tertiary/aromatic N) is 1. The minimum Gasteiger partial charge on any atom is -0.389 e. The van der Waals surface area contributed by atoms with Gasteiger partial charge in [-0.3, -0.25) is 0 Å². The Morgan fingerprint density at radius 3 is 2.73 bits per heavy atom. The van der Waals surface area contributed by atoms with Gasteiger partial charge in [-0.15, -0.1) is 0 Å². The van der Waals surface area contributed by atoms with Crippen LogP contribution in [0.5, 0.6) is 0 Å². The lowest BCUT2D eigenvalue weighted by Gasteiger charge is -2.16. The smallest absolute Gasteiger partial charge is 0.123 e. The summed E-state index contributed by atoms with van der Waals surface area (Å²) in [5.74, 6) is -0.305.